The van der Waals surface area contributed by atoms with Gasteiger partial charge < -0.3 is 19.9 Å². The Hall–Kier alpha value is -3.02. The topological polar surface area (TPSA) is 61.9 Å². The van der Waals surface area contributed by atoms with Crippen LogP contribution in [0.1, 0.15) is 44.7 Å². The van der Waals surface area contributed by atoms with Gasteiger partial charge in [-0.3, -0.25) is 9.59 Å². The van der Waals surface area contributed by atoms with Crippen LogP contribution in [0.25, 0.3) is 0 Å². The van der Waals surface area contributed by atoms with Crippen LogP contribution in [0.15, 0.2) is 42.5 Å². The van der Waals surface area contributed by atoms with Crippen LogP contribution in [0.5, 0.6) is 5.75 Å². The van der Waals surface area contributed by atoms with Gasteiger partial charge in [0.25, 0.3) is 5.91 Å². The fourth-order valence-electron chi connectivity index (χ4n) is 3.89. The van der Waals surface area contributed by atoms with Crippen molar-refractivity contribution in [1.29, 1.82) is 0 Å². The Morgan fingerprint density at radius 3 is 2.22 bits per heavy atom. The minimum atomic E-state index is -0.185. The lowest BCUT2D eigenvalue weighted by Crippen LogP contribution is -2.49. The second kappa shape index (κ2) is 10.5. The van der Waals surface area contributed by atoms with Crippen molar-refractivity contribution in [2.24, 2.45) is 5.92 Å². The van der Waals surface area contributed by atoms with Gasteiger partial charge in [-0.1, -0.05) is 39.8 Å². The van der Waals surface area contributed by atoms with E-state index < -0.39 is 0 Å². The summed E-state index contributed by atoms with van der Waals surface area (Å²) in [6.07, 6.45) is 0. The van der Waals surface area contributed by atoms with Crippen molar-refractivity contribution in [2.45, 2.75) is 40.5 Å². The van der Waals surface area contributed by atoms with Gasteiger partial charge in [0.05, 0.1) is 0 Å². The Morgan fingerprint density at radius 2 is 1.62 bits per heavy atom. The number of hydrogen-bond acceptors (Lipinski definition) is 4. The minimum absolute atomic E-state index is 0.0310. The van der Waals surface area contributed by atoms with Crippen molar-refractivity contribution in [2.75, 3.05) is 43.0 Å². The second-order valence-corrected chi connectivity index (χ2v) is 9.05. The molecule has 0 bridgehead atoms. The highest BCUT2D eigenvalue weighted by Crippen LogP contribution is 2.27. The fourth-order valence-corrected chi connectivity index (χ4v) is 3.89. The van der Waals surface area contributed by atoms with Crippen molar-refractivity contribution in [3.05, 3.63) is 53.6 Å². The third-order valence-corrected chi connectivity index (χ3v) is 5.75. The number of hydrogen-bond donors (Lipinski definition) is 1. The number of nitrogens with one attached hydrogen (secondary N) is 1. The Kier molecular flexibility index (Phi) is 7.78. The molecular formula is C26H35N3O3. The smallest absolute Gasteiger partial charge is 0.262 e. The number of carbonyl (C=O) groups excluding carboxylic acids is 2. The lowest BCUT2D eigenvalue weighted by molar-refractivity contribution is -0.134. The fraction of sp³-hybridized carbons (Fsp3) is 0.462. The van der Waals surface area contributed by atoms with E-state index in [2.05, 4.69) is 36.2 Å². The maximum absolute atomic E-state index is 12.4. The standard InChI is InChI=1S/C26H35N3O3/c1-18(2)23-11-6-20(5)16-24(23)32-17-25(30)27-21-7-9-22(10-8-21)28-12-14-29(15-13-28)26(31)19(3)4/h6-11,16,18-19H,12-15,17H2,1-5H3,(H,27,30). The molecule has 6 nitrogen and oxygen atoms in total. The van der Waals surface area contributed by atoms with Crippen LogP contribution >= 0.6 is 0 Å². The summed E-state index contributed by atoms with van der Waals surface area (Å²) in [4.78, 5) is 28.8. The van der Waals surface area contributed by atoms with E-state index in [0.717, 1.165) is 54.4 Å². The van der Waals surface area contributed by atoms with E-state index >= 15 is 0 Å². The summed E-state index contributed by atoms with van der Waals surface area (Å²) in [5.41, 5.74) is 4.04. The molecule has 0 aliphatic carbocycles. The van der Waals surface area contributed by atoms with Gasteiger partial charge >= 0.3 is 0 Å². The predicted molar refractivity (Wildman–Crippen MR) is 129 cm³/mol. The van der Waals surface area contributed by atoms with Gasteiger partial charge in [-0.05, 0) is 54.3 Å². The van der Waals surface area contributed by atoms with Crippen molar-refractivity contribution < 1.29 is 14.3 Å². The zero-order chi connectivity index (χ0) is 23.3. The first-order chi connectivity index (χ1) is 15.2. The van der Waals surface area contributed by atoms with Gasteiger partial charge in [-0.25, -0.2) is 0 Å². The van der Waals surface area contributed by atoms with Gasteiger partial charge in [0.2, 0.25) is 5.91 Å². The number of ether oxygens (including phenoxy) is 1. The van der Waals surface area contributed by atoms with Crippen molar-refractivity contribution in [1.82, 2.24) is 4.90 Å². The largest absolute Gasteiger partial charge is 0.483 e. The Bertz CT molecular complexity index is 930. The first kappa shape index (κ1) is 23.6. The molecule has 32 heavy (non-hydrogen) atoms. The molecule has 1 N–H and O–H groups in total. The molecule has 1 aliphatic heterocycles. The average molecular weight is 438 g/mol. The molecule has 6 heteroatoms. The summed E-state index contributed by atoms with van der Waals surface area (Å²) in [5.74, 6) is 1.16. The normalized spacial score (nSPS) is 14.1. The molecule has 172 valence electrons. The number of piperazine rings is 1. The number of nitrogens with zero attached hydrogens (tertiary/aromatic N) is 2. The molecule has 2 aromatic carbocycles. The Labute approximate surface area is 191 Å². The van der Waals surface area contributed by atoms with Gasteiger partial charge in [0, 0.05) is 43.5 Å². The third kappa shape index (κ3) is 6.02. The lowest BCUT2D eigenvalue weighted by atomic mass is 10.0. The van der Waals surface area contributed by atoms with Crippen LogP contribution in [0.2, 0.25) is 0 Å². The van der Waals surface area contributed by atoms with Crippen LogP contribution in [-0.2, 0) is 9.59 Å². The van der Waals surface area contributed by atoms with Crippen LogP contribution in [0.3, 0.4) is 0 Å². The van der Waals surface area contributed by atoms with Crippen LogP contribution in [0.4, 0.5) is 11.4 Å². The molecule has 0 atom stereocenters. The van der Waals surface area contributed by atoms with E-state index in [-0.39, 0.29) is 24.3 Å². The molecule has 1 saturated heterocycles. The van der Waals surface area contributed by atoms with Crippen molar-refractivity contribution >= 4 is 23.2 Å². The van der Waals surface area contributed by atoms with Crippen LogP contribution in [-0.4, -0.2) is 49.5 Å². The first-order valence-electron chi connectivity index (χ1n) is 11.4. The summed E-state index contributed by atoms with van der Waals surface area (Å²) in [6.45, 7) is 13.2. The van der Waals surface area contributed by atoms with E-state index in [1.165, 1.54) is 0 Å². The molecular weight excluding hydrogens is 402 g/mol. The number of rotatable bonds is 7. The lowest BCUT2D eigenvalue weighted by Gasteiger charge is -2.37. The van der Waals surface area contributed by atoms with E-state index in [9.17, 15) is 9.59 Å². The van der Waals surface area contributed by atoms with Crippen molar-refractivity contribution in [3.8, 4) is 5.75 Å². The summed E-state index contributed by atoms with van der Waals surface area (Å²) in [6, 6.07) is 13.9. The summed E-state index contributed by atoms with van der Waals surface area (Å²) in [7, 11) is 0. The molecule has 1 aliphatic rings. The number of amides is 2. The summed E-state index contributed by atoms with van der Waals surface area (Å²) < 4.78 is 5.83. The minimum Gasteiger partial charge on any atom is -0.483 e. The number of aryl methyl sites for hydroxylation is 1. The van der Waals surface area contributed by atoms with Gasteiger partial charge in [-0.2, -0.15) is 0 Å². The van der Waals surface area contributed by atoms with Crippen molar-refractivity contribution in [3.63, 3.8) is 0 Å². The molecule has 1 heterocycles. The van der Waals surface area contributed by atoms with Gasteiger partial charge in [-0.15, -0.1) is 0 Å². The maximum Gasteiger partial charge on any atom is 0.262 e. The monoisotopic (exact) mass is 437 g/mol. The van der Waals surface area contributed by atoms with E-state index in [1.807, 2.05) is 56.0 Å². The molecule has 0 aromatic heterocycles. The van der Waals surface area contributed by atoms with Gasteiger partial charge in [0.1, 0.15) is 5.75 Å². The summed E-state index contributed by atoms with van der Waals surface area (Å²) in [5, 5.41) is 2.90. The summed E-state index contributed by atoms with van der Waals surface area (Å²) >= 11 is 0. The molecule has 2 aromatic rings. The highest BCUT2D eigenvalue weighted by molar-refractivity contribution is 5.92. The quantitative estimate of drug-likeness (QED) is 0.696. The molecule has 0 radical (unpaired) electrons. The van der Waals surface area contributed by atoms with Gasteiger partial charge in [0.15, 0.2) is 6.61 Å². The Morgan fingerprint density at radius 1 is 0.969 bits per heavy atom. The number of anilines is 2. The van der Waals surface area contributed by atoms with E-state index in [4.69, 9.17) is 4.74 Å². The number of benzene rings is 2. The predicted octanol–water partition coefficient (Wildman–Crippen LogP) is 4.44. The van der Waals surface area contributed by atoms with E-state index in [0.29, 0.717) is 5.92 Å². The molecule has 3 rings (SSSR count). The highest BCUT2D eigenvalue weighted by atomic mass is 16.5. The number of carbonyl (C=O) groups is 2. The SMILES string of the molecule is Cc1ccc(C(C)C)c(OCC(=O)Nc2ccc(N3CCN(C(=O)C(C)C)CC3)cc2)c1. The Balaban J connectivity index is 1.51. The second-order valence-electron chi connectivity index (χ2n) is 9.05. The highest BCUT2D eigenvalue weighted by Gasteiger charge is 2.23. The molecule has 0 unspecified atom stereocenters. The average Bonchev–Trinajstić information content (AvgIpc) is 2.77. The van der Waals surface area contributed by atoms with Crippen LogP contribution in [0, 0.1) is 12.8 Å². The first-order valence-corrected chi connectivity index (χ1v) is 11.4. The molecule has 1 fully saturated rings. The maximum atomic E-state index is 12.4. The zero-order valence-electron chi connectivity index (χ0n) is 19.9. The molecule has 0 saturated carbocycles. The molecule has 2 amide bonds. The van der Waals surface area contributed by atoms with E-state index in [1.54, 1.807) is 0 Å². The molecule has 0 spiro atoms. The third-order valence-electron chi connectivity index (χ3n) is 5.75. The zero-order valence-corrected chi connectivity index (χ0v) is 19.9. The van der Waals surface area contributed by atoms with Crippen LogP contribution < -0.4 is 15.0 Å².